The molecule has 4 heteroatoms. The van der Waals surface area contributed by atoms with E-state index in [1.807, 2.05) is 19.1 Å². The van der Waals surface area contributed by atoms with Crippen LogP contribution in [0.4, 0.5) is 15.8 Å². The van der Waals surface area contributed by atoms with E-state index >= 15 is 0 Å². The Kier molecular flexibility index (Phi) is 4.33. The Morgan fingerprint density at radius 3 is 2.83 bits per heavy atom. The van der Waals surface area contributed by atoms with Crippen LogP contribution in [0.5, 0.6) is 0 Å². The number of benzene rings is 2. The fourth-order valence-electron chi connectivity index (χ4n) is 3.02. The molecule has 0 radical (unpaired) electrons. The minimum absolute atomic E-state index is 0.120. The lowest BCUT2D eigenvalue weighted by atomic mass is 10.00. The van der Waals surface area contributed by atoms with Gasteiger partial charge in [0.1, 0.15) is 11.9 Å². The number of fused-ring (bicyclic) bond motifs is 1. The van der Waals surface area contributed by atoms with E-state index in [1.54, 1.807) is 19.1 Å². The molecule has 1 atom stereocenters. The molecule has 2 aromatic carbocycles. The van der Waals surface area contributed by atoms with Gasteiger partial charge in [0.2, 0.25) is 5.91 Å². The predicted molar refractivity (Wildman–Crippen MR) is 91.3 cm³/mol. The van der Waals surface area contributed by atoms with Gasteiger partial charge in [0.25, 0.3) is 0 Å². The third kappa shape index (κ3) is 3.21. The van der Waals surface area contributed by atoms with E-state index in [1.165, 1.54) is 11.6 Å². The van der Waals surface area contributed by atoms with E-state index < -0.39 is 0 Å². The van der Waals surface area contributed by atoms with E-state index in [0.717, 1.165) is 25.1 Å². The summed E-state index contributed by atoms with van der Waals surface area (Å²) in [5, 5.41) is 2.82. The van der Waals surface area contributed by atoms with Gasteiger partial charge in [-0.15, -0.1) is 0 Å². The van der Waals surface area contributed by atoms with Crippen LogP contribution in [-0.2, 0) is 11.2 Å². The van der Waals surface area contributed by atoms with Gasteiger partial charge in [-0.2, -0.15) is 0 Å². The number of rotatable bonds is 3. The Hall–Kier alpha value is -2.36. The van der Waals surface area contributed by atoms with Crippen LogP contribution in [0.3, 0.4) is 0 Å². The van der Waals surface area contributed by atoms with Crippen LogP contribution in [0, 0.1) is 12.7 Å². The van der Waals surface area contributed by atoms with Crippen molar-refractivity contribution >= 4 is 17.3 Å². The second-order valence-electron chi connectivity index (χ2n) is 6.05. The van der Waals surface area contributed by atoms with Gasteiger partial charge in [-0.05, 0) is 56.0 Å². The van der Waals surface area contributed by atoms with Crippen molar-refractivity contribution in [1.29, 1.82) is 0 Å². The van der Waals surface area contributed by atoms with Gasteiger partial charge in [-0.3, -0.25) is 4.79 Å². The topological polar surface area (TPSA) is 32.3 Å². The van der Waals surface area contributed by atoms with Crippen molar-refractivity contribution in [2.45, 2.75) is 32.7 Å². The highest BCUT2D eigenvalue weighted by Crippen LogP contribution is 2.28. The Morgan fingerprint density at radius 1 is 1.26 bits per heavy atom. The second-order valence-corrected chi connectivity index (χ2v) is 6.05. The van der Waals surface area contributed by atoms with E-state index in [0.29, 0.717) is 11.3 Å². The highest BCUT2D eigenvalue weighted by Gasteiger charge is 2.25. The molecule has 1 aliphatic rings. The van der Waals surface area contributed by atoms with Crippen LogP contribution in [0.1, 0.15) is 24.5 Å². The summed E-state index contributed by atoms with van der Waals surface area (Å²) in [5.74, 6) is -0.427. The minimum atomic E-state index is -0.307. The molecule has 0 aromatic heterocycles. The van der Waals surface area contributed by atoms with Crippen molar-refractivity contribution in [3.8, 4) is 0 Å². The Bertz CT molecular complexity index is 729. The first-order chi connectivity index (χ1) is 11.1. The summed E-state index contributed by atoms with van der Waals surface area (Å²) in [6, 6.07) is 12.7. The third-order valence-corrected chi connectivity index (χ3v) is 4.43. The van der Waals surface area contributed by atoms with Crippen molar-refractivity contribution in [1.82, 2.24) is 0 Å². The number of carbonyl (C=O) groups excluding carboxylic acids is 1. The highest BCUT2D eigenvalue weighted by atomic mass is 19.1. The van der Waals surface area contributed by atoms with Crippen molar-refractivity contribution in [2.75, 3.05) is 16.8 Å². The number of hydrogen-bond donors (Lipinski definition) is 1. The summed E-state index contributed by atoms with van der Waals surface area (Å²) in [7, 11) is 0. The Morgan fingerprint density at radius 2 is 2.04 bits per heavy atom. The maximum absolute atomic E-state index is 13.6. The summed E-state index contributed by atoms with van der Waals surface area (Å²) >= 11 is 0. The van der Waals surface area contributed by atoms with E-state index in [4.69, 9.17) is 0 Å². The van der Waals surface area contributed by atoms with E-state index in [-0.39, 0.29) is 17.8 Å². The second kappa shape index (κ2) is 6.41. The quantitative estimate of drug-likeness (QED) is 0.932. The molecule has 0 unspecified atom stereocenters. The maximum atomic E-state index is 13.6. The van der Waals surface area contributed by atoms with Crippen LogP contribution in [-0.4, -0.2) is 18.5 Å². The van der Waals surface area contributed by atoms with Gasteiger partial charge in [0, 0.05) is 17.9 Å². The van der Waals surface area contributed by atoms with Gasteiger partial charge >= 0.3 is 0 Å². The van der Waals surface area contributed by atoms with Crippen LogP contribution in [0.15, 0.2) is 42.5 Å². The molecule has 0 spiro atoms. The molecule has 0 saturated heterocycles. The molecule has 2 aromatic rings. The highest BCUT2D eigenvalue weighted by molar-refractivity contribution is 5.96. The lowest BCUT2D eigenvalue weighted by Gasteiger charge is -2.35. The van der Waals surface area contributed by atoms with Gasteiger partial charge in [0.05, 0.1) is 0 Å². The number of anilines is 2. The van der Waals surface area contributed by atoms with E-state index in [2.05, 4.69) is 22.3 Å². The summed E-state index contributed by atoms with van der Waals surface area (Å²) in [6.45, 7) is 4.45. The van der Waals surface area contributed by atoms with Crippen molar-refractivity contribution in [3.05, 3.63) is 59.4 Å². The van der Waals surface area contributed by atoms with Crippen molar-refractivity contribution in [3.63, 3.8) is 0 Å². The largest absolute Gasteiger partial charge is 0.360 e. The number of carbonyl (C=O) groups is 1. The molecule has 3 rings (SSSR count). The normalized spacial score (nSPS) is 15.0. The molecule has 0 aliphatic carbocycles. The monoisotopic (exact) mass is 312 g/mol. The first-order valence-electron chi connectivity index (χ1n) is 7.98. The molecule has 0 fully saturated rings. The zero-order valence-corrected chi connectivity index (χ0v) is 13.5. The van der Waals surface area contributed by atoms with E-state index in [9.17, 15) is 9.18 Å². The molecule has 1 N–H and O–H groups in total. The molecule has 0 bridgehead atoms. The van der Waals surface area contributed by atoms with Crippen molar-refractivity contribution in [2.24, 2.45) is 0 Å². The molecule has 1 aliphatic heterocycles. The zero-order chi connectivity index (χ0) is 16.4. The lowest BCUT2D eigenvalue weighted by Crippen LogP contribution is -2.44. The molecular formula is C19H21FN2O. The molecule has 1 heterocycles. The van der Waals surface area contributed by atoms with Gasteiger partial charge < -0.3 is 10.2 Å². The van der Waals surface area contributed by atoms with Crippen LogP contribution in [0.2, 0.25) is 0 Å². The average molecular weight is 312 g/mol. The zero-order valence-electron chi connectivity index (χ0n) is 13.5. The first kappa shape index (κ1) is 15.5. The Labute approximate surface area is 136 Å². The fourth-order valence-corrected chi connectivity index (χ4v) is 3.02. The standard InChI is InChI=1S/C19H21FN2O/c1-13-9-10-16(12-17(13)20)21-19(23)14(2)22-11-5-7-15-6-3-4-8-18(15)22/h3-4,6,8-10,12,14H,5,7,11H2,1-2H3,(H,21,23)/t14-/m1/s1. The molecular weight excluding hydrogens is 291 g/mol. The van der Waals surface area contributed by atoms with Crippen LogP contribution < -0.4 is 10.2 Å². The molecule has 120 valence electrons. The molecule has 1 amide bonds. The predicted octanol–water partition coefficient (Wildman–Crippen LogP) is 3.91. The lowest BCUT2D eigenvalue weighted by molar-refractivity contribution is -0.117. The van der Waals surface area contributed by atoms with Gasteiger partial charge in [-0.25, -0.2) is 4.39 Å². The number of halogens is 1. The number of aryl methyl sites for hydroxylation is 2. The van der Waals surface area contributed by atoms with Gasteiger partial charge in [0.15, 0.2) is 0 Å². The molecule has 3 nitrogen and oxygen atoms in total. The number of nitrogens with one attached hydrogen (secondary N) is 1. The van der Waals surface area contributed by atoms with Crippen LogP contribution in [0.25, 0.3) is 0 Å². The summed E-state index contributed by atoms with van der Waals surface area (Å²) in [4.78, 5) is 14.7. The third-order valence-electron chi connectivity index (χ3n) is 4.43. The smallest absolute Gasteiger partial charge is 0.246 e. The fraction of sp³-hybridized carbons (Fsp3) is 0.316. The Balaban J connectivity index is 1.76. The van der Waals surface area contributed by atoms with Gasteiger partial charge in [-0.1, -0.05) is 24.3 Å². The summed E-state index contributed by atoms with van der Waals surface area (Å²) in [6.07, 6.45) is 2.08. The minimum Gasteiger partial charge on any atom is -0.360 e. The summed E-state index contributed by atoms with van der Waals surface area (Å²) in [5.41, 5.74) is 3.47. The number of amides is 1. The van der Waals surface area contributed by atoms with Crippen molar-refractivity contribution < 1.29 is 9.18 Å². The summed E-state index contributed by atoms with van der Waals surface area (Å²) < 4.78 is 13.6. The van der Waals surface area contributed by atoms with Crippen LogP contribution >= 0.6 is 0 Å². The number of nitrogens with zero attached hydrogens (tertiary/aromatic N) is 1. The molecule has 23 heavy (non-hydrogen) atoms. The number of para-hydroxylation sites is 1. The first-order valence-corrected chi connectivity index (χ1v) is 7.98. The number of hydrogen-bond acceptors (Lipinski definition) is 2. The molecule has 0 saturated carbocycles. The SMILES string of the molecule is Cc1ccc(NC(=O)[C@@H](C)N2CCCc3ccccc32)cc1F. The maximum Gasteiger partial charge on any atom is 0.246 e. The average Bonchev–Trinajstić information content (AvgIpc) is 2.57.